The molecule has 9 heteroatoms. The molecule has 0 spiro atoms. The Labute approximate surface area is 210 Å². The Bertz CT molecular complexity index is 1450. The summed E-state index contributed by atoms with van der Waals surface area (Å²) in [6, 6.07) is 14.0. The smallest absolute Gasteiger partial charge is 0.260 e. The molecule has 2 heterocycles. The first kappa shape index (κ1) is 25.0. The Kier molecular flexibility index (Phi) is 7.30. The van der Waals surface area contributed by atoms with Crippen molar-refractivity contribution in [1.29, 1.82) is 0 Å². The number of hydrogen-bond donors (Lipinski definition) is 0. The van der Waals surface area contributed by atoms with Gasteiger partial charge in [-0.15, -0.1) is 0 Å². The van der Waals surface area contributed by atoms with E-state index < -0.39 is 10.0 Å². The van der Waals surface area contributed by atoms with Crippen LogP contribution in [-0.2, 0) is 16.6 Å². The van der Waals surface area contributed by atoms with Crippen molar-refractivity contribution >= 4 is 42.6 Å². The van der Waals surface area contributed by atoms with Gasteiger partial charge < -0.3 is 0 Å². The first-order valence-electron chi connectivity index (χ1n) is 11.4. The van der Waals surface area contributed by atoms with Gasteiger partial charge in [0, 0.05) is 31.0 Å². The lowest BCUT2D eigenvalue weighted by atomic mass is 10.1. The molecule has 1 amide bonds. The van der Waals surface area contributed by atoms with Crippen LogP contribution in [0.2, 0.25) is 0 Å². The highest BCUT2D eigenvalue weighted by atomic mass is 32.2. The van der Waals surface area contributed by atoms with Gasteiger partial charge in [0.05, 0.1) is 21.7 Å². The van der Waals surface area contributed by atoms with E-state index in [2.05, 4.69) is 11.1 Å². The molecule has 0 bridgehead atoms. The molecule has 0 saturated carbocycles. The maximum Gasteiger partial charge on any atom is 0.260 e. The summed E-state index contributed by atoms with van der Waals surface area (Å²) in [4.78, 5) is 24.5. The van der Waals surface area contributed by atoms with Crippen molar-refractivity contribution in [3.05, 3.63) is 83.2 Å². The molecule has 0 N–H and O–H groups in total. The topological polar surface area (TPSA) is 83.5 Å². The fourth-order valence-corrected chi connectivity index (χ4v) is 6.35. The lowest BCUT2D eigenvalue weighted by Gasteiger charge is -2.21. The van der Waals surface area contributed by atoms with E-state index in [1.54, 1.807) is 43.3 Å². The minimum atomic E-state index is -3.60. The van der Waals surface area contributed by atoms with Crippen LogP contribution in [0.1, 0.15) is 40.9 Å². The number of pyridine rings is 1. The Hall–Kier alpha value is -3.14. The van der Waals surface area contributed by atoms with Crippen LogP contribution in [0, 0.1) is 13.8 Å². The van der Waals surface area contributed by atoms with E-state index in [1.165, 1.54) is 27.8 Å². The molecule has 4 rings (SSSR count). The number of anilines is 1. The Morgan fingerprint density at radius 1 is 1.00 bits per heavy atom. The van der Waals surface area contributed by atoms with Crippen LogP contribution in [0.4, 0.5) is 5.13 Å². The minimum absolute atomic E-state index is 0.169. The lowest BCUT2D eigenvalue weighted by molar-refractivity contribution is 0.0985. The highest BCUT2D eigenvalue weighted by Gasteiger charge is 2.25. The maximum atomic E-state index is 13.7. The molecule has 0 unspecified atom stereocenters. The molecule has 0 radical (unpaired) electrons. The monoisotopic (exact) mass is 508 g/mol. The second kappa shape index (κ2) is 10.2. The second-order valence-corrected chi connectivity index (χ2v) is 11.2. The van der Waals surface area contributed by atoms with Crippen LogP contribution in [-0.4, -0.2) is 41.7 Å². The van der Waals surface area contributed by atoms with Gasteiger partial charge in [-0.05, 0) is 66.9 Å². The average Bonchev–Trinajstić information content (AvgIpc) is 3.30. The molecule has 2 aromatic heterocycles. The Morgan fingerprint density at radius 2 is 1.71 bits per heavy atom. The molecule has 2 aromatic carbocycles. The average molecular weight is 509 g/mol. The van der Waals surface area contributed by atoms with Gasteiger partial charge in [0.15, 0.2) is 5.13 Å². The number of hydrogen-bond acceptors (Lipinski definition) is 6. The number of carbonyl (C=O) groups is 1. The predicted molar refractivity (Wildman–Crippen MR) is 140 cm³/mol. The van der Waals surface area contributed by atoms with Crippen molar-refractivity contribution in [2.24, 2.45) is 0 Å². The molecule has 35 heavy (non-hydrogen) atoms. The van der Waals surface area contributed by atoms with Crippen molar-refractivity contribution in [3.8, 4) is 0 Å². The normalized spacial score (nSPS) is 11.8. The van der Waals surface area contributed by atoms with Gasteiger partial charge in [0.25, 0.3) is 5.91 Å². The van der Waals surface area contributed by atoms with Crippen molar-refractivity contribution in [3.63, 3.8) is 0 Å². The number of aromatic nitrogens is 2. The van der Waals surface area contributed by atoms with Crippen LogP contribution in [0.15, 0.2) is 65.8 Å². The number of rotatable bonds is 8. The molecule has 4 aromatic rings. The molecule has 0 aliphatic rings. The van der Waals surface area contributed by atoms with E-state index in [4.69, 9.17) is 4.98 Å². The second-order valence-electron chi connectivity index (χ2n) is 8.22. The number of thiazole rings is 1. The van der Waals surface area contributed by atoms with Gasteiger partial charge in [-0.2, -0.15) is 4.31 Å². The summed E-state index contributed by atoms with van der Waals surface area (Å²) in [6.07, 6.45) is 3.41. The molecular weight excluding hydrogens is 480 g/mol. The van der Waals surface area contributed by atoms with Crippen LogP contribution in [0.3, 0.4) is 0 Å². The highest BCUT2D eigenvalue weighted by molar-refractivity contribution is 7.89. The van der Waals surface area contributed by atoms with Crippen LogP contribution < -0.4 is 4.90 Å². The third kappa shape index (κ3) is 4.98. The first-order valence-corrected chi connectivity index (χ1v) is 13.7. The number of aryl methyl sites for hydroxylation is 2. The van der Waals surface area contributed by atoms with Crippen LogP contribution >= 0.6 is 11.3 Å². The zero-order valence-corrected chi connectivity index (χ0v) is 21.9. The largest absolute Gasteiger partial charge is 0.279 e. The van der Waals surface area contributed by atoms with Gasteiger partial charge in [0.2, 0.25) is 10.0 Å². The fraction of sp³-hybridized carbons (Fsp3) is 0.269. The van der Waals surface area contributed by atoms with E-state index >= 15 is 0 Å². The van der Waals surface area contributed by atoms with Crippen molar-refractivity contribution < 1.29 is 13.2 Å². The summed E-state index contributed by atoms with van der Waals surface area (Å²) in [5.74, 6) is -0.255. The number of amides is 1. The summed E-state index contributed by atoms with van der Waals surface area (Å²) >= 11 is 1.46. The van der Waals surface area contributed by atoms with Crippen molar-refractivity contribution in [2.75, 3.05) is 18.0 Å². The molecule has 0 fully saturated rings. The summed E-state index contributed by atoms with van der Waals surface area (Å²) < 4.78 is 28.1. The molecule has 182 valence electrons. The highest BCUT2D eigenvalue weighted by Crippen LogP contribution is 2.33. The summed E-state index contributed by atoms with van der Waals surface area (Å²) in [6.45, 7) is 8.74. The molecule has 0 saturated heterocycles. The first-order chi connectivity index (χ1) is 16.8. The number of fused-ring (bicyclic) bond motifs is 1. The van der Waals surface area contributed by atoms with E-state index in [-0.39, 0.29) is 10.8 Å². The third-order valence-electron chi connectivity index (χ3n) is 6.06. The van der Waals surface area contributed by atoms with E-state index in [0.717, 1.165) is 26.9 Å². The van der Waals surface area contributed by atoms with Gasteiger partial charge in [-0.1, -0.05) is 37.3 Å². The van der Waals surface area contributed by atoms with Gasteiger partial charge in [0.1, 0.15) is 0 Å². The maximum absolute atomic E-state index is 13.7. The standard InChI is InChI=1S/C26H28N4O3S2/c1-5-29(6-2)35(32,33)22-12-10-21(11-13-22)25(31)30(17-20-8-7-15-27-16-20)26-28-24-19(4)18(3)9-14-23(24)34-26/h7-16H,5-6,17H2,1-4H3. The van der Waals surface area contributed by atoms with Crippen LogP contribution in [0.25, 0.3) is 10.2 Å². The number of sulfonamides is 1. The molecule has 0 aliphatic carbocycles. The number of carbonyl (C=O) groups excluding carboxylic acids is 1. The minimum Gasteiger partial charge on any atom is -0.279 e. The molecule has 0 atom stereocenters. The SMILES string of the molecule is CCN(CC)S(=O)(=O)c1ccc(C(=O)N(Cc2cccnc2)c2nc3c(C)c(C)ccc3s2)cc1. The van der Waals surface area contributed by atoms with Crippen molar-refractivity contribution in [1.82, 2.24) is 14.3 Å². The zero-order valence-electron chi connectivity index (χ0n) is 20.2. The zero-order chi connectivity index (χ0) is 25.2. The molecular formula is C26H28N4O3S2. The fourth-order valence-electron chi connectivity index (χ4n) is 3.87. The lowest BCUT2D eigenvalue weighted by Crippen LogP contribution is -2.31. The summed E-state index contributed by atoms with van der Waals surface area (Å²) in [5.41, 5.74) is 4.37. The van der Waals surface area contributed by atoms with Crippen LogP contribution in [0.5, 0.6) is 0 Å². The predicted octanol–water partition coefficient (Wildman–Crippen LogP) is 5.19. The van der Waals surface area contributed by atoms with Crippen molar-refractivity contribution in [2.45, 2.75) is 39.1 Å². The van der Waals surface area contributed by atoms with Gasteiger partial charge in [-0.25, -0.2) is 13.4 Å². The van der Waals surface area contributed by atoms with E-state index in [9.17, 15) is 13.2 Å². The quantitative estimate of drug-likeness (QED) is 0.327. The number of benzene rings is 2. The molecule has 0 aliphatic heterocycles. The Balaban J connectivity index is 1.73. The Morgan fingerprint density at radius 3 is 2.34 bits per heavy atom. The van der Waals surface area contributed by atoms with Gasteiger partial charge in [-0.3, -0.25) is 14.7 Å². The third-order valence-corrected chi connectivity index (χ3v) is 9.17. The van der Waals surface area contributed by atoms with E-state index in [1.807, 2.05) is 32.0 Å². The summed E-state index contributed by atoms with van der Waals surface area (Å²) in [5, 5.41) is 0.586. The van der Waals surface area contributed by atoms with Gasteiger partial charge >= 0.3 is 0 Å². The number of nitrogens with zero attached hydrogens (tertiary/aromatic N) is 4. The summed E-state index contributed by atoms with van der Waals surface area (Å²) in [7, 11) is -3.60. The molecule has 7 nitrogen and oxygen atoms in total. The van der Waals surface area contributed by atoms with E-state index in [0.29, 0.717) is 30.3 Å².